The van der Waals surface area contributed by atoms with Crippen LogP contribution in [0.5, 0.6) is 0 Å². The fourth-order valence-corrected chi connectivity index (χ4v) is 3.34. The van der Waals surface area contributed by atoms with Gasteiger partial charge < -0.3 is 14.6 Å². The lowest BCUT2D eigenvalue weighted by atomic mass is 10.2. The molecule has 150 valence electrons. The molecular weight excluding hydrogens is 387 g/mol. The molecule has 0 saturated heterocycles. The number of esters is 1. The summed E-state index contributed by atoms with van der Waals surface area (Å²) in [5.41, 5.74) is -0.378. The third-order valence-corrected chi connectivity index (χ3v) is 4.98. The summed E-state index contributed by atoms with van der Waals surface area (Å²) in [5, 5.41) is 0.0563. The molecule has 27 heavy (non-hydrogen) atoms. The molecule has 7 nitrogen and oxygen atoms in total. The first kappa shape index (κ1) is 21.3. The van der Waals surface area contributed by atoms with Gasteiger partial charge in [0.1, 0.15) is 6.54 Å². The molecule has 1 fully saturated rings. The maximum Gasteiger partial charge on any atom is 0.406 e. The molecule has 1 N–H and O–H groups in total. The zero-order chi connectivity index (χ0) is 20.2. The van der Waals surface area contributed by atoms with Crippen LogP contribution < -0.4 is 5.56 Å². The molecule has 1 heterocycles. The number of alkyl halides is 3. The first-order chi connectivity index (χ1) is 12.6. The first-order valence-electron chi connectivity index (χ1n) is 8.25. The Bertz CT molecular complexity index is 749. The van der Waals surface area contributed by atoms with Crippen molar-refractivity contribution >= 4 is 23.6 Å². The number of rotatable bonds is 8. The van der Waals surface area contributed by atoms with Crippen LogP contribution in [0.25, 0.3) is 0 Å². The number of thioether (sulfide) groups is 1. The zero-order valence-corrected chi connectivity index (χ0v) is 15.7. The van der Waals surface area contributed by atoms with E-state index in [1.165, 1.54) is 7.11 Å². The van der Waals surface area contributed by atoms with Gasteiger partial charge in [-0.15, -0.1) is 0 Å². The molecule has 0 aromatic carbocycles. The van der Waals surface area contributed by atoms with E-state index in [1.54, 1.807) is 6.92 Å². The Morgan fingerprint density at radius 1 is 1.44 bits per heavy atom. The van der Waals surface area contributed by atoms with Crippen molar-refractivity contribution in [2.24, 2.45) is 5.92 Å². The summed E-state index contributed by atoms with van der Waals surface area (Å²) in [6, 6.07) is 0.617. The highest BCUT2D eigenvalue weighted by molar-refractivity contribution is 7.99. The van der Waals surface area contributed by atoms with E-state index in [4.69, 9.17) is 0 Å². The van der Waals surface area contributed by atoms with Crippen LogP contribution in [0.3, 0.4) is 0 Å². The number of hydrogen-bond acceptors (Lipinski definition) is 6. The van der Waals surface area contributed by atoms with Crippen LogP contribution in [0.4, 0.5) is 13.2 Å². The number of nitrogens with one attached hydrogen (secondary N) is 1. The van der Waals surface area contributed by atoms with E-state index in [2.05, 4.69) is 14.7 Å². The average molecular weight is 407 g/mol. The van der Waals surface area contributed by atoms with E-state index < -0.39 is 36.2 Å². The topological polar surface area (TPSA) is 92.4 Å². The van der Waals surface area contributed by atoms with Crippen molar-refractivity contribution in [3.05, 3.63) is 22.1 Å². The van der Waals surface area contributed by atoms with Gasteiger partial charge in [-0.05, 0) is 25.7 Å². The Kier molecular flexibility index (Phi) is 6.90. The fraction of sp³-hybridized carbons (Fsp3) is 0.625. The van der Waals surface area contributed by atoms with Crippen LogP contribution in [0.1, 0.15) is 25.5 Å². The van der Waals surface area contributed by atoms with Crippen LogP contribution in [-0.2, 0) is 20.7 Å². The standard InChI is InChI=1S/C16H20F3N3O4S/c1-9(10-3-4-10)22(8-16(17,18)19)13(24)7-27-15-20-11(5-12(23)21-15)6-14(25)26-2/h5,9-10H,3-4,6-8H2,1-2H3,(H,20,21,23)/t9-/m0/s1. The third-order valence-electron chi connectivity index (χ3n) is 4.12. The van der Waals surface area contributed by atoms with Gasteiger partial charge in [-0.2, -0.15) is 13.2 Å². The van der Waals surface area contributed by atoms with Gasteiger partial charge in [0.25, 0.3) is 5.56 Å². The number of ether oxygens (including phenoxy) is 1. The normalized spacial score (nSPS) is 15.3. The smallest absolute Gasteiger partial charge is 0.406 e. The summed E-state index contributed by atoms with van der Waals surface area (Å²) >= 11 is 0.818. The number of amides is 1. The second-order valence-corrected chi connectivity index (χ2v) is 7.26. The Balaban J connectivity index is 2.05. The summed E-state index contributed by atoms with van der Waals surface area (Å²) in [5.74, 6) is -1.49. The lowest BCUT2D eigenvalue weighted by Crippen LogP contribution is -2.46. The number of halogens is 3. The maximum atomic E-state index is 12.8. The van der Waals surface area contributed by atoms with Crippen LogP contribution in [0.15, 0.2) is 16.0 Å². The molecule has 0 bridgehead atoms. The largest absolute Gasteiger partial charge is 0.469 e. The van der Waals surface area contributed by atoms with Crippen LogP contribution in [0.2, 0.25) is 0 Å². The van der Waals surface area contributed by atoms with Crippen molar-refractivity contribution in [2.45, 2.75) is 43.6 Å². The summed E-state index contributed by atoms with van der Waals surface area (Å²) in [6.07, 6.45) is -3.10. The number of aromatic nitrogens is 2. The van der Waals surface area contributed by atoms with Gasteiger partial charge in [0, 0.05) is 12.1 Å². The molecule has 0 spiro atoms. The molecule has 1 atom stereocenters. The Labute approximate surface area is 157 Å². The van der Waals surface area contributed by atoms with E-state index in [0.717, 1.165) is 35.6 Å². The number of H-pyrrole nitrogens is 1. The van der Waals surface area contributed by atoms with Gasteiger partial charge in [0.15, 0.2) is 5.16 Å². The molecule has 11 heteroatoms. The van der Waals surface area contributed by atoms with Gasteiger partial charge in [-0.1, -0.05) is 11.8 Å². The van der Waals surface area contributed by atoms with Crippen molar-refractivity contribution in [1.29, 1.82) is 0 Å². The van der Waals surface area contributed by atoms with Crippen molar-refractivity contribution in [3.8, 4) is 0 Å². The van der Waals surface area contributed by atoms with E-state index in [-0.39, 0.29) is 28.9 Å². The quantitative estimate of drug-likeness (QED) is 0.401. The second-order valence-electron chi connectivity index (χ2n) is 6.30. The summed E-state index contributed by atoms with van der Waals surface area (Å²) < 4.78 is 43.0. The minimum absolute atomic E-state index is 0.0563. The number of hydrogen-bond donors (Lipinski definition) is 1. The average Bonchev–Trinajstić information content (AvgIpc) is 3.40. The SMILES string of the molecule is COC(=O)Cc1cc(=O)[nH]c(SCC(=O)N(CC(F)(F)F)[C@@H](C)C2CC2)n1. The maximum absolute atomic E-state index is 12.8. The minimum atomic E-state index is -4.49. The highest BCUT2D eigenvalue weighted by Gasteiger charge is 2.40. The molecule has 1 aliphatic carbocycles. The number of nitrogens with zero attached hydrogens (tertiary/aromatic N) is 2. The van der Waals surface area contributed by atoms with Crippen LogP contribution >= 0.6 is 11.8 Å². The molecule has 1 aromatic heterocycles. The fourth-order valence-electron chi connectivity index (χ4n) is 2.56. The predicted molar refractivity (Wildman–Crippen MR) is 91.3 cm³/mol. The second kappa shape index (κ2) is 8.77. The van der Waals surface area contributed by atoms with Crippen LogP contribution in [-0.4, -0.2) is 58.4 Å². The van der Waals surface area contributed by atoms with Crippen LogP contribution in [0, 0.1) is 5.92 Å². The lowest BCUT2D eigenvalue weighted by molar-refractivity contribution is -0.164. The molecule has 2 rings (SSSR count). The molecule has 1 amide bonds. The summed E-state index contributed by atoms with van der Waals surface area (Å²) in [6.45, 7) is 0.305. The van der Waals surface area contributed by atoms with E-state index in [0.29, 0.717) is 0 Å². The highest BCUT2D eigenvalue weighted by atomic mass is 32.2. The van der Waals surface area contributed by atoms with Crippen molar-refractivity contribution in [3.63, 3.8) is 0 Å². The molecule has 0 unspecified atom stereocenters. The lowest BCUT2D eigenvalue weighted by Gasteiger charge is -2.30. The number of carbonyl (C=O) groups excluding carboxylic acids is 2. The van der Waals surface area contributed by atoms with Gasteiger partial charge >= 0.3 is 12.1 Å². The Morgan fingerprint density at radius 3 is 2.67 bits per heavy atom. The Hall–Kier alpha value is -2.04. The molecular formula is C16H20F3N3O4S. The predicted octanol–water partition coefficient (Wildman–Crippen LogP) is 1.77. The van der Waals surface area contributed by atoms with Crippen molar-refractivity contribution < 1.29 is 27.5 Å². The number of aromatic amines is 1. The van der Waals surface area contributed by atoms with Gasteiger partial charge in [-0.3, -0.25) is 14.4 Å². The number of carbonyl (C=O) groups is 2. The van der Waals surface area contributed by atoms with E-state index in [9.17, 15) is 27.6 Å². The minimum Gasteiger partial charge on any atom is -0.469 e. The zero-order valence-electron chi connectivity index (χ0n) is 14.8. The van der Waals surface area contributed by atoms with Crippen molar-refractivity contribution in [2.75, 3.05) is 19.4 Å². The molecule has 0 radical (unpaired) electrons. The first-order valence-corrected chi connectivity index (χ1v) is 9.23. The van der Waals surface area contributed by atoms with Gasteiger partial charge in [0.2, 0.25) is 5.91 Å². The highest BCUT2D eigenvalue weighted by Crippen LogP contribution is 2.36. The summed E-state index contributed by atoms with van der Waals surface area (Å²) in [4.78, 5) is 42.6. The summed E-state index contributed by atoms with van der Waals surface area (Å²) in [7, 11) is 1.19. The monoisotopic (exact) mass is 407 g/mol. The third kappa shape index (κ3) is 6.89. The molecule has 1 saturated carbocycles. The van der Waals surface area contributed by atoms with E-state index in [1.807, 2.05) is 0 Å². The van der Waals surface area contributed by atoms with Crippen molar-refractivity contribution in [1.82, 2.24) is 14.9 Å². The number of methoxy groups -OCH3 is 1. The molecule has 1 aromatic rings. The Morgan fingerprint density at radius 2 is 2.11 bits per heavy atom. The van der Waals surface area contributed by atoms with Gasteiger partial charge in [0.05, 0.1) is 25.0 Å². The van der Waals surface area contributed by atoms with Gasteiger partial charge in [-0.25, -0.2) is 4.98 Å². The van der Waals surface area contributed by atoms with E-state index >= 15 is 0 Å². The molecule has 0 aliphatic heterocycles. The molecule has 1 aliphatic rings.